The molecule has 1 aromatic heterocycles. The van der Waals surface area contributed by atoms with Gasteiger partial charge >= 0.3 is 0 Å². The third kappa shape index (κ3) is 2.16. The van der Waals surface area contributed by atoms with Crippen molar-refractivity contribution in [2.75, 3.05) is 7.11 Å². The largest absolute Gasteiger partial charge is 0.495 e. The minimum Gasteiger partial charge on any atom is -0.495 e. The Labute approximate surface area is 79.9 Å². The number of hydrogen-bond donors (Lipinski definition) is 0. The molecule has 0 spiro atoms. The Morgan fingerprint density at radius 1 is 1.57 bits per heavy atom. The standard InChI is InChI=1S/C9H8F2N2O/c1-14-7-3-2-6(4-5-12)13-8(7)9(10)11/h2-3,9H,4H2,1H3. The van der Waals surface area contributed by atoms with Gasteiger partial charge in [0, 0.05) is 0 Å². The molecule has 0 saturated carbocycles. The summed E-state index contributed by atoms with van der Waals surface area (Å²) < 4.78 is 29.5. The summed E-state index contributed by atoms with van der Waals surface area (Å²) in [5.74, 6) is 0.0432. The molecule has 14 heavy (non-hydrogen) atoms. The summed E-state index contributed by atoms with van der Waals surface area (Å²) in [6, 6.07) is 4.72. The average molecular weight is 198 g/mol. The van der Waals surface area contributed by atoms with E-state index in [4.69, 9.17) is 10.00 Å². The van der Waals surface area contributed by atoms with Crippen LogP contribution in [0.15, 0.2) is 12.1 Å². The van der Waals surface area contributed by atoms with Crippen LogP contribution < -0.4 is 4.74 Å². The van der Waals surface area contributed by atoms with E-state index in [9.17, 15) is 8.78 Å². The second kappa shape index (κ2) is 4.51. The topological polar surface area (TPSA) is 45.9 Å². The molecule has 0 saturated heterocycles. The fourth-order valence-electron chi connectivity index (χ4n) is 1.01. The van der Waals surface area contributed by atoms with E-state index in [1.807, 2.05) is 6.07 Å². The van der Waals surface area contributed by atoms with Gasteiger partial charge in [-0.2, -0.15) is 5.26 Å². The molecule has 1 rings (SSSR count). The molecule has 0 radical (unpaired) electrons. The normalized spacial score (nSPS) is 9.93. The lowest BCUT2D eigenvalue weighted by atomic mass is 10.2. The molecular formula is C9H8F2N2O. The third-order valence-electron chi connectivity index (χ3n) is 1.63. The fraction of sp³-hybridized carbons (Fsp3) is 0.333. The van der Waals surface area contributed by atoms with Crippen LogP contribution in [0.4, 0.5) is 8.78 Å². The number of rotatable bonds is 3. The minimum absolute atomic E-state index is 0.0176. The molecule has 1 heterocycles. The van der Waals surface area contributed by atoms with E-state index >= 15 is 0 Å². The van der Waals surface area contributed by atoms with Crippen molar-refractivity contribution in [2.45, 2.75) is 12.8 Å². The average Bonchev–Trinajstić information content (AvgIpc) is 2.18. The van der Waals surface area contributed by atoms with E-state index in [0.29, 0.717) is 5.69 Å². The molecule has 0 N–H and O–H groups in total. The molecule has 0 aliphatic rings. The second-order valence-corrected chi connectivity index (χ2v) is 2.53. The van der Waals surface area contributed by atoms with Gasteiger partial charge in [-0.3, -0.25) is 0 Å². The van der Waals surface area contributed by atoms with Crippen molar-refractivity contribution >= 4 is 0 Å². The van der Waals surface area contributed by atoms with Gasteiger partial charge in [-0.15, -0.1) is 0 Å². The van der Waals surface area contributed by atoms with E-state index in [2.05, 4.69) is 4.98 Å². The van der Waals surface area contributed by atoms with Gasteiger partial charge in [-0.05, 0) is 12.1 Å². The summed E-state index contributed by atoms with van der Waals surface area (Å²) in [5, 5.41) is 8.37. The zero-order valence-corrected chi connectivity index (χ0v) is 7.50. The number of methoxy groups -OCH3 is 1. The van der Waals surface area contributed by atoms with Crippen LogP contribution in [0.3, 0.4) is 0 Å². The minimum atomic E-state index is -2.69. The van der Waals surface area contributed by atoms with Crippen LogP contribution >= 0.6 is 0 Å². The summed E-state index contributed by atoms with van der Waals surface area (Å²) in [5.41, 5.74) is -0.0937. The van der Waals surface area contributed by atoms with E-state index in [1.54, 1.807) is 0 Å². The number of halogens is 2. The number of aromatic nitrogens is 1. The second-order valence-electron chi connectivity index (χ2n) is 2.53. The van der Waals surface area contributed by atoms with Gasteiger partial charge in [0.25, 0.3) is 6.43 Å². The molecular weight excluding hydrogens is 190 g/mol. The first-order valence-electron chi connectivity index (χ1n) is 3.88. The molecule has 0 aromatic carbocycles. The van der Waals surface area contributed by atoms with Gasteiger partial charge < -0.3 is 4.74 Å². The number of alkyl halides is 2. The SMILES string of the molecule is COc1ccc(CC#N)nc1C(F)F. The number of pyridine rings is 1. The number of nitrogens with zero attached hydrogens (tertiary/aromatic N) is 2. The Morgan fingerprint density at radius 3 is 2.79 bits per heavy atom. The molecule has 5 heteroatoms. The first-order valence-corrected chi connectivity index (χ1v) is 3.88. The van der Waals surface area contributed by atoms with Crippen molar-refractivity contribution in [3.8, 4) is 11.8 Å². The van der Waals surface area contributed by atoms with E-state index < -0.39 is 12.1 Å². The highest BCUT2D eigenvalue weighted by molar-refractivity contribution is 5.30. The molecule has 0 aliphatic heterocycles. The number of ether oxygens (including phenoxy) is 1. The summed E-state index contributed by atoms with van der Waals surface area (Å²) in [7, 11) is 1.30. The maximum Gasteiger partial charge on any atom is 0.284 e. The molecule has 0 fully saturated rings. The maximum atomic E-state index is 12.4. The fourth-order valence-corrected chi connectivity index (χ4v) is 1.01. The van der Waals surface area contributed by atoms with Gasteiger partial charge in [0.1, 0.15) is 11.4 Å². The number of nitriles is 1. The molecule has 0 atom stereocenters. The van der Waals surface area contributed by atoms with Crippen LogP contribution in [0.5, 0.6) is 5.75 Å². The van der Waals surface area contributed by atoms with Crippen molar-refractivity contribution in [3.05, 3.63) is 23.5 Å². The molecule has 0 unspecified atom stereocenters. The summed E-state index contributed by atoms with van der Waals surface area (Å²) in [6.45, 7) is 0. The van der Waals surface area contributed by atoms with Crippen molar-refractivity contribution < 1.29 is 13.5 Å². The highest BCUT2D eigenvalue weighted by atomic mass is 19.3. The van der Waals surface area contributed by atoms with Crippen LogP contribution in [0.1, 0.15) is 17.8 Å². The molecule has 0 bridgehead atoms. The Kier molecular flexibility index (Phi) is 3.35. The van der Waals surface area contributed by atoms with E-state index in [1.165, 1.54) is 19.2 Å². The quantitative estimate of drug-likeness (QED) is 0.747. The third-order valence-corrected chi connectivity index (χ3v) is 1.63. The Balaban J connectivity index is 3.09. The first-order chi connectivity index (χ1) is 6.69. The van der Waals surface area contributed by atoms with Crippen molar-refractivity contribution in [2.24, 2.45) is 0 Å². The predicted octanol–water partition coefficient (Wildman–Crippen LogP) is 2.09. The Hall–Kier alpha value is -1.70. The molecule has 3 nitrogen and oxygen atoms in total. The van der Waals surface area contributed by atoms with Crippen LogP contribution in [-0.2, 0) is 6.42 Å². The number of hydrogen-bond acceptors (Lipinski definition) is 3. The molecule has 0 amide bonds. The van der Waals surface area contributed by atoms with E-state index in [0.717, 1.165) is 0 Å². The van der Waals surface area contributed by atoms with Crippen molar-refractivity contribution in [3.63, 3.8) is 0 Å². The lowest BCUT2D eigenvalue weighted by Crippen LogP contribution is -1.99. The predicted molar refractivity (Wildman–Crippen MR) is 45.1 cm³/mol. The molecule has 1 aromatic rings. The van der Waals surface area contributed by atoms with Crippen LogP contribution in [-0.4, -0.2) is 12.1 Å². The summed E-state index contributed by atoms with van der Waals surface area (Å²) in [4.78, 5) is 3.64. The molecule has 74 valence electrons. The lowest BCUT2D eigenvalue weighted by Gasteiger charge is -2.07. The zero-order valence-electron chi connectivity index (χ0n) is 7.50. The van der Waals surface area contributed by atoms with Crippen LogP contribution in [0.2, 0.25) is 0 Å². The monoisotopic (exact) mass is 198 g/mol. The lowest BCUT2D eigenvalue weighted by molar-refractivity contribution is 0.141. The smallest absolute Gasteiger partial charge is 0.284 e. The highest BCUT2D eigenvalue weighted by Gasteiger charge is 2.16. The van der Waals surface area contributed by atoms with Crippen LogP contribution in [0, 0.1) is 11.3 Å². The Bertz CT molecular complexity index is 360. The van der Waals surface area contributed by atoms with Crippen molar-refractivity contribution in [1.82, 2.24) is 4.98 Å². The van der Waals surface area contributed by atoms with Gasteiger partial charge in [-0.1, -0.05) is 0 Å². The van der Waals surface area contributed by atoms with Gasteiger partial charge in [0.15, 0.2) is 0 Å². The van der Waals surface area contributed by atoms with Gasteiger partial charge in [-0.25, -0.2) is 13.8 Å². The van der Waals surface area contributed by atoms with Crippen LogP contribution in [0.25, 0.3) is 0 Å². The van der Waals surface area contributed by atoms with E-state index in [-0.39, 0.29) is 12.2 Å². The Morgan fingerprint density at radius 2 is 2.29 bits per heavy atom. The zero-order chi connectivity index (χ0) is 10.6. The maximum absolute atomic E-state index is 12.4. The van der Waals surface area contributed by atoms with Gasteiger partial charge in [0.05, 0.1) is 25.3 Å². The summed E-state index contributed by atoms with van der Waals surface area (Å²) in [6.07, 6.45) is -2.67. The first kappa shape index (κ1) is 10.4. The molecule has 0 aliphatic carbocycles. The summed E-state index contributed by atoms with van der Waals surface area (Å²) >= 11 is 0. The van der Waals surface area contributed by atoms with Gasteiger partial charge in [0.2, 0.25) is 0 Å². The highest BCUT2D eigenvalue weighted by Crippen LogP contribution is 2.26. The van der Waals surface area contributed by atoms with Crippen molar-refractivity contribution in [1.29, 1.82) is 5.26 Å².